The molecule has 2 aromatic carbocycles. The number of halogens is 1. The number of hydrogen-bond donors (Lipinski definition) is 2. The van der Waals surface area contributed by atoms with Crippen LogP contribution in [0.1, 0.15) is 22.3 Å². The van der Waals surface area contributed by atoms with Gasteiger partial charge in [-0.25, -0.2) is 4.39 Å². The van der Waals surface area contributed by atoms with Crippen molar-refractivity contribution in [3.8, 4) is 0 Å². The molecule has 0 heterocycles. The van der Waals surface area contributed by atoms with E-state index in [2.05, 4.69) is 5.32 Å². The van der Waals surface area contributed by atoms with Crippen LogP contribution >= 0.6 is 0 Å². The summed E-state index contributed by atoms with van der Waals surface area (Å²) in [5, 5.41) is 2.55. The molecule has 0 saturated heterocycles. The largest absolute Gasteiger partial charge is 0.368 e. The molecule has 0 aliphatic heterocycles. The van der Waals surface area contributed by atoms with Crippen molar-refractivity contribution in [1.29, 1.82) is 0 Å². The Balaban J connectivity index is 1.98. The topological polar surface area (TPSA) is 72.2 Å². The Hall–Kier alpha value is -2.95. The van der Waals surface area contributed by atoms with E-state index in [1.807, 2.05) is 36.4 Å². The van der Waals surface area contributed by atoms with E-state index in [9.17, 15) is 14.0 Å². The van der Waals surface area contributed by atoms with Gasteiger partial charge in [0.25, 0.3) is 5.91 Å². The molecule has 4 nitrogen and oxygen atoms in total. The minimum atomic E-state index is -0.826. The van der Waals surface area contributed by atoms with Gasteiger partial charge in [0.15, 0.2) is 0 Å². The van der Waals surface area contributed by atoms with Gasteiger partial charge in [-0.1, -0.05) is 42.5 Å². The fourth-order valence-electron chi connectivity index (χ4n) is 1.99. The average Bonchev–Trinajstić information content (AvgIpc) is 2.55. The van der Waals surface area contributed by atoms with Gasteiger partial charge < -0.3 is 11.1 Å². The lowest BCUT2D eigenvalue weighted by Crippen LogP contribution is -2.44. The third-order valence-electron chi connectivity index (χ3n) is 3.24. The van der Waals surface area contributed by atoms with Crippen LogP contribution < -0.4 is 11.1 Å². The molecule has 0 aromatic heterocycles. The first-order valence-electron chi connectivity index (χ1n) is 7.13. The second-order valence-corrected chi connectivity index (χ2v) is 4.98. The lowest BCUT2D eigenvalue weighted by Gasteiger charge is -2.13. The zero-order chi connectivity index (χ0) is 16.7. The van der Waals surface area contributed by atoms with Gasteiger partial charge in [-0.15, -0.1) is 0 Å². The number of rotatable bonds is 6. The van der Waals surface area contributed by atoms with Crippen LogP contribution in [0.15, 0.2) is 60.7 Å². The highest BCUT2D eigenvalue weighted by Gasteiger charge is 2.17. The molecule has 1 atom stereocenters. The molecule has 2 rings (SSSR count). The first-order chi connectivity index (χ1) is 11.1. The minimum absolute atomic E-state index is 0.268. The predicted octanol–water partition coefficient (Wildman–Crippen LogP) is 2.51. The SMILES string of the molecule is NC(=O)[C@@H](C/C=C/c1ccccc1)NC(=O)c1ccc(F)cc1. The number of carbonyl (C=O) groups excluding carboxylic acids is 2. The molecule has 118 valence electrons. The highest BCUT2D eigenvalue weighted by Crippen LogP contribution is 2.06. The average molecular weight is 312 g/mol. The second kappa shape index (κ2) is 7.89. The summed E-state index contributed by atoms with van der Waals surface area (Å²) in [4.78, 5) is 23.5. The van der Waals surface area contributed by atoms with Gasteiger partial charge >= 0.3 is 0 Å². The number of benzene rings is 2. The molecular formula is C18H17FN2O2. The highest BCUT2D eigenvalue weighted by molar-refractivity contribution is 5.97. The van der Waals surface area contributed by atoms with Crippen LogP contribution in [0.3, 0.4) is 0 Å². The predicted molar refractivity (Wildman–Crippen MR) is 86.9 cm³/mol. The van der Waals surface area contributed by atoms with Crippen LogP contribution in [0, 0.1) is 5.82 Å². The normalized spacial score (nSPS) is 12.0. The second-order valence-electron chi connectivity index (χ2n) is 4.98. The van der Waals surface area contributed by atoms with Crippen molar-refractivity contribution in [3.05, 3.63) is 77.6 Å². The summed E-state index contributed by atoms with van der Waals surface area (Å²) in [5.74, 6) is -1.53. The van der Waals surface area contributed by atoms with E-state index in [1.54, 1.807) is 6.08 Å². The quantitative estimate of drug-likeness (QED) is 0.860. The third kappa shape index (κ3) is 5.07. The van der Waals surface area contributed by atoms with Crippen molar-refractivity contribution in [1.82, 2.24) is 5.32 Å². The van der Waals surface area contributed by atoms with E-state index in [-0.39, 0.29) is 12.0 Å². The zero-order valence-electron chi connectivity index (χ0n) is 12.4. The molecule has 0 aliphatic rings. The maximum absolute atomic E-state index is 12.9. The van der Waals surface area contributed by atoms with Gasteiger partial charge in [0.05, 0.1) is 0 Å². The fraction of sp³-hybridized carbons (Fsp3) is 0.111. The van der Waals surface area contributed by atoms with Gasteiger partial charge in [0, 0.05) is 5.56 Å². The number of carbonyl (C=O) groups is 2. The summed E-state index contributed by atoms with van der Waals surface area (Å²) in [6, 6.07) is 13.8. The molecule has 0 unspecified atom stereocenters. The Morgan fingerprint density at radius 3 is 2.35 bits per heavy atom. The highest BCUT2D eigenvalue weighted by atomic mass is 19.1. The number of nitrogens with two attached hydrogens (primary N) is 1. The van der Waals surface area contributed by atoms with E-state index in [1.165, 1.54) is 24.3 Å². The number of hydrogen-bond acceptors (Lipinski definition) is 2. The van der Waals surface area contributed by atoms with Gasteiger partial charge in [0.2, 0.25) is 5.91 Å². The molecule has 0 radical (unpaired) electrons. The molecule has 2 aromatic rings. The molecule has 23 heavy (non-hydrogen) atoms. The van der Waals surface area contributed by atoms with Crippen LogP contribution in [0.5, 0.6) is 0 Å². The minimum Gasteiger partial charge on any atom is -0.368 e. The summed E-state index contributed by atoms with van der Waals surface area (Å²) in [6.45, 7) is 0. The van der Waals surface area contributed by atoms with Gasteiger partial charge in [-0.2, -0.15) is 0 Å². The maximum atomic E-state index is 12.9. The van der Waals surface area contributed by atoms with Crippen LogP contribution in [0.25, 0.3) is 6.08 Å². The molecule has 0 spiro atoms. The summed E-state index contributed by atoms with van der Waals surface area (Å²) >= 11 is 0. The molecule has 0 saturated carbocycles. The van der Waals surface area contributed by atoms with E-state index in [4.69, 9.17) is 5.73 Å². The first-order valence-corrected chi connectivity index (χ1v) is 7.13. The lowest BCUT2D eigenvalue weighted by atomic mass is 10.1. The Bertz CT molecular complexity index is 697. The molecule has 0 aliphatic carbocycles. The van der Waals surface area contributed by atoms with E-state index in [0.717, 1.165) is 5.56 Å². The third-order valence-corrected chi connectivity index (χ3v) is 3.24. The fourth-order valence-corrected chi connectivity index (χ4v) is 1.99. The molecule has 5 heteroatoms. The lowest BCUT2D eigenvalue weighted by molar-refractivity contribution is -0.119. The Morgan fingerprint density at radius 1 is 1.09 bits per heavy atom. The van der Waals surface area contributed by atoms with Gasteiger partial charge in [-0.3, -0.25) is 9.59 Å². The van der Waals surface area contributed by atoms with Crippen molar-refractivity contribution in [2.45, 2.75) is 12.5 Å². The van der Waals surface area contributed by atoms with Crippen molar-refractivity contribution < 1.29 is 14.0 Å². The van der Waals surface area contributed by atoms with E-state index < -0.39 is 23.7 Å². The molecular weight excluding hydrogens is 295 g/mol. The molecule has 0 fully saturated rings. The van der Waals surface area contributed by atoms with Crippen LogP contribution in [-0.2, 0) is 4.79 Å². The summed E-state index contributed by atoms with van der Waals surface area (Å²) < 4.78 is 12.9. The number of primary amides is 1. The Kier molecular flexibility index (Phi) is 5.63. The smallest absolute Gasteiger partial charge is 0.251 e. The Morgan fingerprint density at radius 2 is 1.74 bits per heavy atom. The summed E-state index contributed by atoms with van der Waals surface area (Å²) in [7, 11) is 0. The summed E-state index contributed by atoms with van der Waals surface area (Å²) in [6.07, 6.45) is 3.90. The van der Waals surface area contributed by atoms with E-state index in [0.29, 0.717) is 0 Å². The van der Waals surface area contributed by atoms with Crippen molar-refractivity contribution >= 4 is 17.9 Å². The van der Waals surface area contributed by atoms with E-state index >= 15 is 0 Å². The molecule has 2 amide bonds. The van der Waals surface area contributed by atoms with Crippen molar-refractivity contribution in [2.24, 2.45) is 5.73 Å². The number of nitrogens with one attached hydrogen (secondary N) is 1. The maximum Gasteiger partial charge on any atom is 0.251 e. The monoisotopic (exact) mass is 312 g/mol. The van der Waals surface area contributed by atoms with Crippen LogP contribution in [0.2, 0.25) is 0 Å². The van der Waals surface area contributed by atoms with Gasteiger partial charge in [-0.05, 0) is 36.2 Å². The van der Waals surface area contributed by atoms with Gasteiger partial charge in [0.1, 0.15) is 11.9 Å². The molecule has 0 bridgehead atoms. The van der Waals surface area contributed by atoms with Crippen molar-refractivity contribution in [3.63, 3.8) is 0 Å². The summed E-state index contributed by atoms with van der Waals surface area (Å²) in [5.41, 5.74) is 6.57. The van der Waals surface area contributed by atoms with Crippen LogP contribution in [-0.4, -0.2) is 17.9 Å². The number of amides is 2. The molecule has 3 N–H and O–H groups in total. The Labute approximate surface area is 133 Å². The first kappa shape index (κ1) is 16.4. The van der Waals surface area contributed by atoms with Crippen LogP contribution in [0.4, 0.5) is 4.39 Å². The zero-order valence-corrected chi connectivity index (χ0v) is 12.4. The standard InChI is InChI=1S/C18H17FN2O2/c19-15-11-9-14(10-12-15)18(23)21-16(17(20)22)8-4-7-13-5-2-1-3-6-13/h1-7,9-12,16H,8H2,(H2,20,22)(H,21,23)/b7-4+/t16-/m1/s1. The van der Waals surface area contributed by atoms with Crippen molar-refractivity contribution in [2.75, 3.05) is 0 Å².